The number of esters is 2. The Bertz CT molecular complexity index is 1250. The second-order valence-corrected chi connectivity index (χ2v) is 11.7. The maximum atomic E-state index is 17.5. The first-order valence-corrected chi connectivity index (χ1v) is 13.1. The van der Waals surface area contributed by atoms with Crippen molar-refractivity contribution in [2.75, 3.05) is 6.61 Å². The second-order valence-electron chi connectivity index (χ2n) is 11.7. The lowest BCUT2D eigenvalue weighted by Crippen LogP contribution is -2.70. The summed E-state index contributed by atoms with van der Waals surface area (Å²) in [5, 5.41) is 11.6. The lowest BCUT2D eigenvalue weighted by molar-refractivity contribution is -0.220. The molecule has 0 spiro atoms. The van der Waals surface area contributed by atoms with Crippen molar-refractivity contribution >= 4 is 23.5 Å². The number of fused-ring (bicyclic) bond motifs is 5. The number of ether oxygens (including phenoxy) is 2. The Balaban J connectivity index is 1.61. The van der Waals surface area contributed by atoms with E-state index in [0.29, 0.717) is 24.8 Å². The van der Waals surface area contributed by atoms with Crippen molar-refractivity contribution in [1.82, 2.24) is 0 Å². The van der Waals surface area contributed by atoms with Crippen LogP contribution in [-0.4, -0.2) is 52.6 Å². The molecule has 3 fully saturated rings. The molecule has 1 aromatic heterocycles. The molecule has 1 aromatic rings. The molecular formula is C29H33FO8. The Hall–Kier alpha value is -3.07. The molecule has 0 radical (unpaired) electrons. The number of hydrogen-bond donors (Lipinski definition) is 1. The number of hydrogen-bond acceptors (Lipinski definition) is 8. The molecule has 1 heterocycles. The van der Waals surface area contributed by atoms with Gasteiger partial charge in [0.2, 0.25) is 11.5 Å². The van der Waals surface area contributed by atoms with Crippen molar-refractivity contribution < 1.29 is 42.6 Å². The van der Waals surface area contributed by atoms with Gasteiger partial charge in [0.1, 0.15) is 0 Å². The van der Waals surface area contributed by atoms with Crippen LogP contribution in [0.3, 0.4) is 0 Å². The average Bonchev–Trinajstić information content (AvgIpc) is 3.46. The maximum Gasteiger partial charge on any atom is 0.375 e. The van der Waals surface area contributed by atoms with Crippen LogP contribution in [0.4, 0.5) is 4.39 Å². The number of carbonyl (C=O) groups excluding carboxylic acids is 4. The lowest BCUT2D eigenvalue weighted by atomic mass is 9.44. The minimum atomic E-state index is -2.10. The van der Waals surface area contributed by atoms with Crippen molar-refractivity contribution in [2.24, 2.45) is 28.6 Å². The Morgan fingerprint density at radius 2 is 1.97 bits per heavy atom. The van der Waals surface area contributed by atoms with Crippen LogP contribution in [0.15, 0.2) is 46.6 Å². The van der Waals surface area contributed by atoms with Crippen molar-refractivity contribution in [3.63, 3.8) is 0 Å². The van der Waals surface area contributed by atoms with Crippen molar-refractivity contribution in [1.29, 1.82) is 0 Å². The van der Waals surface area contributed by atoms with Crippen LogP contribution in [0.2, 0.25) is 0 Å². The SMILES string of the molecule is CC(=O)OCC(=O)[C@@]1(OC(=O)c2ccco2)[C@@H](C)CC2C3CCC4=CC(=O)C=CC4(C)[C@@]3(F)C(O)CC21C. The minimum absolute atomic E-state index is 0.0999. The van der Waals surface area contributed by atoms with Gasteiger partial charge in [-0.15, -0.1) is 0 Å². The molecule has 4 aliphatic carbocycles. The number of allylic oxidation sites excluding steroid dienone is 4. The lowest BCUT2D eigenvalue weighted by Gasteiger charge is -2.62. The monoisotopic (exact) mass is 528 g/mol. The highest BCUT2D eigenvalue weighted by Gasteiger charge is 2.77. The summed E-state index contributed by atoms with van der Waals surface area (Å²) in [5.74, 6) is -4.13. The van der Waals surface area contributed by atoms with Crippen molar-refractivity contribution in [3.8, 4) is 0 Å². The first-order chi connectivity index (χ1) is 17.8. The third-order valence-corrected chi connectivity index (χ3v) is 9.98. The van der Waals surface area contributed by atoms with Gasteiger partial charge in [0.05, 0.1) is 12.4 Å². The van der Waals surface area contributed by atoms with E-state index in [9.17, 15) is 24.3 Å². The molecular weight excluding hydrogens is 495 g/mol. The molecule has 1 N–H and O–H groups in total. The maximum absolute atomic E-state index is 17.5. The Kier molecular flexibility index (Phi) is 6.09. The molecule has 0 saturated heterocycles. The molecule has 9 heteroatoms. The first kappa shape index (κ1) is 26.5. The second kappa shape index (κ2) is 8.73. The molecule has 0 aliphatic heterocycles. The summed E-state index contributed by atoms with van der Waals surface area (Å²) in [6.45, 7) is 5.80. The molecule has 8 nitrogen and oxygen atoms in total. The molecule has 0 amide bonds. The van der Waals surface area contributed by atoms with Crippen molar-refractivity contribution in [3.05, 3.63) is 48.0 Å². The predicted octanol–water partition coefficient (Wildman–Crippen LogP) is 3.92. The molecule has 0 aromatic carbocycles. The van der Waals surface area contributed by atoms with Crippen molar-refractivity contribution in [2.45, 2.75) is 70.8 Å². The summed E-state index contributed by atoms with van der Waals surface area (Å²) >= 11 is 0. The van der Waals surface area contributed by atoms with Gasteiger partial charge in [0.15, 0.2) is 23.7 Å². The third kappa shape index (κ3) is 3.36. The number of halogens is 1. The molecule has 38 heavy (non-hydrogen) atoms. The number of alkyl halides is 1. The molecule has 4 aliphatic rings. The van der Waals surface area contributed by atoms with Gasteiger partial charge < -0.3 is 19.0 Å². The van der Waals surface area contributed by atoms with Gasteiger partial charge in [-0.25, -0.2) is 9.18 Å². The quantitative estimate of drug-likeness (QED) is 0.571. The summed E-state index contributed by atoms with van der Waals surface area (Å²) in [4.78, 5) is 50.8. The van der Waals surface area contributed by atoms with E-state index < -0.39 is 70.3 Å². The van der Waals surface area contributed by atoms with Crippen LogP contribution < -0.4 is 0 Å². The fourth-order valence-electron chi connectivity index (χ4n) is 8.26. The van der Waals surface area contributed by atoms with Gasteiger partial charge in [0, 0.05) is 29.6 Å². The molecule has 5 rings (SSSR count). The highest BCUT2D eigenvalue weighted by molar-refractivity contribution is 6.01. The molecule has 0 bridgehead atoms. The van der Waals surface area contributed by atoms with Gasteiger partial charge >= 0.3 is 11.9 Å². The zero-order valence-corrected chi connectivity index (χ0v) is 22.0. The fourth-order valence-corrected chi connectivity index (χ4v) is 8.26. The molecule has 8 atom stereocenters. The van der Waals surface area contributed by atoms with Crippen LogP contribution in [0.5, 0.6) is 0 Å². The number of carbonyl (C=O) groups is 4. The van der Waals surface area contributed by atoms with Gasteiger partial charge in [-0.1, -0.05) is 25.5 Å². The van der Waals surface area contributed by atoms with Crippen LogP contribution >= 0.6 is 0 Å². The van der Waals surface area contributed by atoms with E-state index in [1.807, 2.05) is 0 Å². The van der Waals surface area contributed by atoms with Gasteiger partial charge in [-0.05, 0) is 62.8 Å². The summed E-state index contributed by atoms with van der Waals surface area (Å²) in [7, 11) is 0. The zero-order valence-electron chi connectivity index (χ0n) is 22.0. The number of rotatable bonds is 5. The van der Waals surface area contributed by atoms with Crippen LogP contribution in [0.25, 0.3) is 0 Å². The molecule has 204 valence electrons. The standard InChI is InChI=1S/C29H33FO8/c1-16-12-21-20-8-7-18-13-19(32)9-10-26(18,3)28(20,30)23(33)14-27(21,4)29(16,24(34)15-37-17(2)31)38-25(35)22-6-5-11-36-22/h5-6,9-11,13,16,20-21,23,33H,7-8,12,14-15H2,1-4H3/t16-,20?,21?,23?,26?,27?,28-,29-/m0/s1. The van der Waals surface area contributed by atoms with Gasteiger partial charge in [-0.2, -0.15) is 0 Å². The van der Waals surface area contributed by atoms with Crippen LogP contribution in [0.1, 0.15) is 63.9 Å². The van der Waals surface area contributed by atoms with Crippen LogP contribution in [-0.2, 0) is 23.9 Å². The normalized spacial score (nSPS) is 41.4. The Morgan fingerprint density at radius 3 is 2.63 bits per heavy atom. The first-order valence-electron chi connectivity index (χ1n) is 13.1. The summed E-state index contributed by atoms with van der Waals surface area (Å²) in [5.41, 5.74) is -5.60. The van der Waals surface area contributed by atoms with E-state index in [1.54, 1.807) is 26.8 Å². The summed E-state index contributed by atoms with van der Waals surface area (Å²) < 4.78 is 33.8. The number of ketones is 2. The summed E-state index contributed by atoms with van der Waals surface area (Å²) in [6, 6.07) is 2.94. The number of aliphatic hydroxyl groups is 1. The Labute approximate surface area is 220 Å². The molecule has 3 saturated carbocycles. The van der Waals surface area contributed by atoms with Crippen LogP contribution in [0, 0.1) is 28.6 Å². The van der Waals surface area contributed by atoms with E-state index in [-0.39, 0.29) is 18.0 Å². The minimum Gasteiger partial charge on any atom is -0.458 e. The Morgan fingerprint density at radius 1 is 1.24 bits per heavy atom. The van der Waals surface area contributed by atoms with Gasteiger partial charge in [0.25, 0.3) is 0 Å². The summed E-state index contributed by atoms with van der Waals surface area (Å²) in [6.07, 6.45) is 5.19. The number of furan rings is 1. The topological polar surface area (TPSA) is 120 Å². The molecule has 5 unspecified atom stereocenters. The van der Waals surface area contributed by atoms with Gasteiger partial charge in [-0.3, -0.25) is 14.4 Å². The fraction of sp³-hybridized carbons (Fsp3) is 0.586. The zero-order chi connectivity index (χ0) is 27.7. The highest BCUT2D eigenvalue weighted by atomic mass is 19.1. The number of Topliss-reactive ketones (excluding diaryl/α,β-unsaturated/α-hetero) is 1. The van der Waals surface area contributed by atoms with E-state index in [1.165, 1.54) is 37.5 Å². The van der Waals surface area contributed by atoms with E-state index in [2.05, 4.69) is 0 Å². The largest absolute Gasteiger partial charge is 0.458 e. The predicted molar refractivity (Wildman–Crippen MR) is 131 cm³/mol. The van der Waals surface area contributed by atoms with E-state index in [4.69, 9.17) is 13.9 Å². The third-order valence-electron chi connectivity index (χ3n) is 9.98. The van der Waals surface area contributed by atoms with E-state index >= 15 is 4.39 Å². The smallest absolute Gasteiger partial charge is 0.375 e. The highest BCUT2D eigenvalue weighted by Crippen LogP contribution is 2.71. The number of aliphatic hydroxyl groups excluding tert-OH is 1. The van der Waals surface area contributed by atoms with E-state index in [0.717, 1.165) is 0 Å². The average molecular weight is 529 g/mol.